The van der Waals surface area contributed by atoms with Crippen LogP contribution in [-0.2, 0) is 4.74 Å². The third kappa shape index (κ3) is 3.71. The molecule has 1 atom stereocenters. The Balaban J connectivity index is 1.80. The molecular formula is C14H19BrO2. The number of alkyl halides is 1. The first-order valence-electron chi connectivity index (χ1n) is 6.16. The second-order valence-corrected chi connectivity index (χ2v) is 5.26. The van der Waals surface area contributed by atoms with E-state index in [2.05, 4.69) is 15.9 Å². The third-order valence-corrected chi connectivity index (χ3v) is 4.52. The highest BCUT2D eigenvalue weighted by Crippen LogP contribution is 2.34. The molecule has 1 aromatic carbocycles. The van der Waals surface area contributed by atoms with Crippen LogP contribution in [0.25, 0.3) is 0 Å². The van der Waals surface area contributed by atoms with Crippen molar-refractivity contribution in [3.05, 3.63) is 30.3 Å². The van der Waals surface area contributed by atoms with Crippen molar-refractivity contribution in [1.82, 2.24) is 0 Å². The highest BCUT2D eigenvalue weighted by molar-refractivity contribution is 9.09. The van der Waals surface area contributed by atoms with Crippen molar-refractivity contribution < 1.29 is 9.47 Å². The van der Waals surface area contributed by atoms with E-state index in [4.69, 9.17) is 9.47 Å². The average Bonchev–Trinajstić information content (AvgIpc) is 2.41. The van der Waals surface area contributed by atoms with Gasteiger partial charge in [0, 0.05) is 17.4 Å². The van der Waals surface area contributed by atoms with E-state index in [0.29, 0.717) is 0 Å². The normalized spacial score (nSPS) is 24.5. The van der Waals surface area contributed by atoms with Gasteiger partial charge in [0.25, 0.3) is 0 Å². The molecule has 1 unspecified atom stereocenters. The predicted octanol–water partition coefficient (Wildman–Crippen LogP) is 3.65. The van der Waals surface area contributed by atoms with Crippen molar-refractivity contribution in [3.63, 3.8) is 0 Å². The van der Waals surface area contributed by atoms with Crippen LogP contribution >= 0.6 is 15.9 Å². The lowest BCUT2D eigenvalue weighted by atomic mass is 9.82. The molecule has 0 saturated carbocycles. The lowest BCUT2D eigenvalue weighted by Gasteiger charge is -2.35. The second-order valence-electron chi connectivity index (χ2n) is 4.70. The summed E-state index contributed by atoms with van der Waals surface area (Å²) in [6, 6.07) is 10.00. The van der Waals surface area contributed by atoms with E-state index in [9.17, 15) is 0 Å². The fourth-order valence-electron chi connectivity index (χ4n) is 2.18. The zero-order valence-electron chi connectivity index (χ0n) is 10.0. The number of hydrogen-bond acceptors (Lipinski definition) is 2. The van der Waals surface area contributed by atoms with Gasteiger partial charge in [0.15, 0.2) is 0 Å². The molecule has 0 aliphatic carbocycles. The van der Waals surface area contributed by atoms with Gasteiger partial charge in [-0.25, -0.2) is 0 Å². The van der Waals surface area contributed by atoms with Crippen LogP contribution in [0.2, 0.25) is 0 Å². The summed E-state index contributed by atoms with van der Waals surface area (Å²) >= 11 is 3.62. The van der Waals surface area contributed by atoms with Crippen LogP contribution in [-0.4, -0.2) is 25.2 Å². The molecule has 3 heteroatoms. The minimum absolute atomic E-state index is 0.271. The predicted molar refractivity (Wildman–Crippen MR) is 72.8 cm³/mol. The van der Waals surface area contributed by atoms with Gasteiger partial charge in [0.2, 0.25) is 0 Å². The smallest absolute Gasteiger partial charge is 0.119 e. The highest BCUT2D eigenvalue weighted by Gasteiger charge is 2.31. The maximum absolute atomic E-state index is 5.76. The molecule has 2 nitrogen and oxygen atoms in total. The fourth-order valence-corrected chi connectivity index (χ4v) is 2.90. The monoisotopic (exact) mass is 298 g/mol. The molecule has 0 bridgehead atoms. The second kappa shape index (κ2) is 6.41. The first-order chi connectivity index (χ1) is 8.35. The maximum Gasteiger partial charge on any atom is 0.119 e. The molecule has 2 rings (SSSR count). The molecule has 0 radical (unpaired) electrons. The molecule has 1 aliphatic rings. The van der Waals surface area contributed by atoms with Crippen LogP contribution in [0, 0.1) is 5.41 Å². The van der Waals surface area contributed by atoms with Gasteiger partial charge in [0.05, 0.1) is 13.2 Å². The topological polar surface area (TPSA) is 18.5 Å². The largest absolute Gasteiger partial charge is 0.494 e. The molecule has 1 heterocycles. The zero-order chi connectivity index (χ0) is 12.0. The van der Waals surface area contributed by atoms with Gasteiger partial charge in [0.1, 0.15) is 5.75 Å². The van der Waals surface area contributed by atoms with E-state index in [1.165, 1.54) is 6.42 Å². The standard InChI is InChI=1S/C14H19BrO2/c15-11-14(7-4-9-16-12-14)8-10-17-13-5-2-1-3-6-13/h1-3,5-6H,4,7-12H2. The number of ether oxygens (including phenoxy) is 2. The van der Waals surface area contributed by atoms with Gasteiger partial charge >= 0.3 is 0 Å². The first-order valence-corrected chi connectivity index (χ1v) is 7.28. The van der Waals surface area contributed by atoms with Gasteiger partial charge in [-0.3, -0.25) is 0 Å². The summed E-state index contributed by atoms with van der Waals surface area (Å²) in [4.78, 5) is 0. The molecule has 0 amide bonds. The van der Waals surface area contributed by atoms with Crippen LogP contribution < -0.4 is 4.74 Å². The minimum Gasteiger partial charge on any atom is -0.494 e. The van der Waals surface area contributed by atoms with Crippen molar-refractivity contribution in [2.45, 2.75) is 19.3 Å². The highest BCUT2D eigenvalue weighted by atomic mass is 79.9. The molecular weight excluding hydrogens is 280 g/mol. The number of hydrogen-bond donors (Lipinski definition) is 0. The summed E-state index contributed by atoms with van der Waals surface area (Å²) in [6.07, 6.45) is 3.44. The van der Waals surface area contributed by atoms with Crippen LogP contribution in [0.5, 0.6) is 5.75 Å². The zero-order valence-corrected chi connectivity index (χ0v) is 11.6. The average molecular weight is 299 g/mol. The molecule has 1 fully saturated rings. The van der Waals surface area contributed by atoms with Crippen LogP contribution in [0.3, 0.4) is 0 Å². The molecule has 0 N–H and O–H groups in total. The Morgan fingerprint density at radius 1 is 1.29 bits per heavy atom. The Bertz CT molecular complexity index is 320. The van der Waals surface area contributed by atoms with E-state index < -0.39 is 0 Å². The van der Waals surface area contributed by atoms with Crippen molar-refractivity contribution >= 4 is 15.9 Å². The molecule has 17 heavy (non-hydrogen) atoms. The Hall–Kier alpha value is -0.540. The summed E-state index contributed by atoms with van der Waals surface area (Å²) in [6.45, 7) is 2.53. The van der Waals surface area contributed by atoms with Crippen LogP contribution in [0.1, 0.15) is 19.3 Å². The van der Waals surface area contributed by atoms with Gasteiger partial charge in [-0.1, -0.05) is 34.1 Å². The van der Waals surface area contributed by atoms with Gasteiger partial charge < -0.3 is 9.47 Å². The summed E-state index contributed by atoms with van der Waals surface area (Å²) in [5.74, 6) is 0.953. The Labute approximate surface area is 111 Å². The summed E-state index contributed by atoms with van der Waals surface area (Å²) in [5.41, 5.74) is 0.271. The van der Waals surface area contributed by atoms with Crippen molar-refractivity contribution in [1.29, 1.82) is 0 Å². The molecule has 0 aromatic heterocycles. The number of rotatable bonds is 5. The molecule has 1 aliphatic heterocycles. The quantitative estimate of drug-likeness (QED) is 0.773. The lowest BCUT2D eigenvalue weighted by Crippen LogP contribution is -2.35. The lowest BCUT2D eigenvalue weighted by molar-refractivity contribution is -0.00463. The number of para-hydroxylation sites is 1. The number of halogens is 1. The Morgan fingerprint density at radius 2 is 2.12 bits per heavy atom. The van der Waals surface area contributed by atoms with Gasteiger partial charge in [-0.2, -0.15) is 0 Å². The van der Waals surface area contributed by atoms with E-state index in [1.807, 2.05) is 30.3 Å². The maximum atomic E-state index is 5.76. The van der Waals surface area contributed by atoms with E-state index in [1.54, 1.807) is 0 Å². The number of benzene rings is 1. The summed E-state index contributed by atoms with van der Waals surface area (Å²) in [5, 5.41) is 0.998. The first kappa shape index (κ1) is 12.9. The SMILES string of the molecule is BrCC1(CCOc2ccccc2)CCCOC1. The summed E-state index contributed by atoms with van der Waals surface area (Å²) in [7, 11) is 0. The fraction of sp³-hybridized carbons (Fsp3) is 0.571. The van der Waals surface area contributed by atoms with Gasteiger partial charge in [-0.05, 0) is 31.4 Å². The third-order valence-electron chi connectivity index (χ3n) is 3.33. The van der Waals surface area contributed by atoms with Crippen molar-refractivity contribution in [3.8, 4) is 5.75 Å². The van der Waals surface area contributed by atoms with Crippen LogP contribution in [0.15, 0.2) is 30.3 Å². The van der Waals surface area contributed by atoms with E-state index in [-0.39, 0.29) is 5.41 Å². The molecule has 0 spiro atoms. The van der Waals surface area contributed by atoms with Crippen molar-refractivity contribution in [2.75, 3.05) is 25.2 Å². The van der Waals surface area contributed by atoms with E-state index in [0.717, 1.165) is 43.7 Å². The Kier molecular flexibility index (Phi) is 4.86. The Morgan fingerprint density at radius 3 is 2.76 bits per heavy atom. The van der Waals surface area contributed by atoms with Crippen molar-refractivity contribution in [2.24, 2.45) is 5.41 Å². The minimum atomic E-state index is 0.271. The summed E-state index contributed by atoms with van der Waals surface area (Å²) < 4.78 is 11.4. The van der Waals surface area contributed by atoms with Crippen LogP contribution in [0.4, 0.5) is 0 Å². The molecule has 1 aromatic rings. The molecule has 1 saturated heterocycles. The molecule has 94 valence electrons. The van der Waals surface area contributed by atoms with E-state index >= 15 is 0 Å². The van der Waals surface area contributed by atoms with Gasteiger partial charge in [-0.15, -0.1) is 0 Å².